The molecule has 0 aliphatic heterocycles. The number of hydroxylamine groups is 2. The first-order chi connectivity index (χ1) is 15.4. The third-order valence-electron chi connectivity index (χ3n) is 5.72. The summed E-state index contributed by atoms with van der Waals surface area (Å²) in [6.07, 6.45) is 1.05. The van der Waals surface area contributed by atoms with E-state index >= 15 is 0 Å². The third-order valence-corrected chi connectivity index (χ3v) is 5.72. The van der Waals surface area contributed by atoms with E-state index < -0.39 is 23.5 Å². The van der Waals surface area contributed by atoms with E-state index in [9.17, 15) is 15.1 Å². The predicted octanol–water partition coefficient (Wildman–Crippen LogP) is 3.27. The van der Waals surface area contributed by atoms with Gasteiger partial charge in [-0.05, 0) is 42.4 Å². The Balaban J connectivity index is 2.82. The predicted molar refractivity (Wildman–Crippen MR) is 129 cm³/mol. The molecule has 8 nitrogen and oxygen atoms in total. The molecule has 0 spiro atoms. The van der Waals surface area contributed by atoms with E-state index in [-0.39, 0.29) is 12.5 Å². The molecule has 0 fully saturated rings. The molecule has 8 heteroatoms. The van der Waals surface area contributed by atoms with Crippen molar-refractivity contribution < 1.29 is 29.3 Å². The smallest absolute Gasteiger partial charge is 0.251 e. The van der Waals surface area contributed by atoms with Gasteiger partial charge in [0.15, 0.2) is 11.5 Å². The first kappa shape index (κ1) is 29.2. The van der Waals surface area contributed by atoms with Gasteiger partial charge in [0.05, 0.1) is 26.4 Å². The number of aliphatic hydroxyl groups excluding tert-OH is 1. The minimum Gasteiger partial charge on any atom is -0.493 e. The molecule has 33 heavy (non-hydrogen) atoms. The summed E-state index contributed by atoms with van der Waals surface area (Å²) in [5.74, 6) is 1.42. The maximum Gasteiger partial charge on any atom is 0.251 e. The van der Waals surface area contributed by atoms with E-state index in [2.05, 4.69) is 13.8 Å². The van der Waals surface area contributed by atoms with Crippen LogP contribution >= 0.6 is 0 Å². The normalized spacial score (nSPS) is 14.6. The molecule has 190 valence electrons. The first-order valence-electron chi connectivity index (χ1n) is 11.6. The molecule has 0 saturated carbocycles. The summed E-state index contributed by atoms with van der Waals surface area (Å²) < 4.78 is 16.4. The Morgan fingerprint density at radius 1 is 1.15 bits per heavy atom. The molecular weight excluding hydrogens is 424 g/mol. The second-order valence-corrected chi connectivity index (χ2v) is 9.99. The summed E-state index contributed by atoms with van der Waals surface area (Å²) >= 11 is 0. The number of methoxy groups -OCH3 is 2. The van der Waals surface area contributed by atoms with Crippen LogP contribution in [0.4, 0.5) is 0 Å². The van der Waals surface area contributed by atoms with Crippen LogP contribution in [0.3, 0.4) is 0 Å². The lowest BCUT2D eigenvalue weighted by Crippen LogP contribution is -2.48. The van der Waals surface area contributed by atoms with Crippen molar-refractivity contribution in [1.82, 2.24) is 5.06 Å². The molecule has 0 bridgehead atoms. The van der Waals surface area contributed by atoms with Crippen LogP contribution < -0.4 is 15.2 Å². The summed E-state index contributed by atoms with van der Waals surface area (Å²) in [7, 11) is 3.28. The number of nitrogens with two attached hydrogens (primary N) is 1. The minimum absolute atomic E-state index is 0.190. The fourth-order valence-electron chi connectivity index (χ4n) is 3.53. The topological polar surface area (TPSA) is 114 Å². The highest BCUT2D eigenvalue weighted by Crippen LogP contribution is 2.31. The summed E-state index contributed by atoms with van der Waals surface area (Å²) in [5, 5.41) is 21.2. The van der Waals surface area contributed by atoms with Gasteiger partial charge in [-0.3, -0.25) is 10.0 Å². The molecule has 1 aromatic rings. The molecular formula is C25H44N2O6. The Morgan fingerprint density at radius 3 is 2.36 bits per heavy atom. The van der Waals surface area contributed by atoms with E-state index in [1.165, 1.54) is 0 Å². The second kappa shape index (κ2) is 13.7. The lowest BCUT2D eigenvalue weighted by atomic mass is 9.83. The van der Waals surface area contributed by atoms with E-state index in [0.717, 1.165) is 18.4 Å². The highest BCUT2D eigenvalue weighted by Gasteiger charge is 2.30. The van der Waals surface area contributed by atoms with Crippen molar-refractivity contribution in [2.45, 2.75) is 66.0 Å². The Hall–Kier alpha value is -1.87. The number of aliphatic hydroxyl groups is 1. The van der Waals surface area contributed by atoms with Gasteiger partial charge in [0.2, 0.25) is 0 Å². The van der Waals surface area contributed by atoms with Crippen LogP contribution in [0.15, 0.2) is 18.2 Å². The standard InChI is InChI=1S/C25H44N2O6/c1-17(2)19(15-20(26)21(28)16-27(30)24(29)25(3,4)5)13-18-9-10-22(32-7)23(14-18)33-12-8-11-31-6/h9-10,14,17,19-21,28,30H,8,11-13,15-16,26H2,1-7H3. The summed E-state index contributed by atoms with van der Waals surface area (Å²) in [5.41, 5.74) is 6.63. The molecule has 1 aromatic carbocycles. The molecule has 1 amide bonds. The Labute approximate surface area is 199 Å². The van der Waals surface area contributed by atoms with Crippen molar-refractivity contribution in [2.24, 2.45) is 23.0 Å². The highest BCUT2D eigenvalue weighted by molar-refractivity contribution is 5.80. The van der Waals surface area contributed by atoms with Crippen LogP contribution in [0.25, 0.3) is 0 Å². The van der Waals surface area contributed by atoms with Crippen molar-refractivity contribution in [1.29, 1.82) is 0 Å². The number of carbonyl (C=O) groups is 1. The van der Waals surface area contributed by atoms with E-state index in [1.54, 1.807) is 35.0 Å². The number of nitrogens with zero attached hydrogens (tertiary/aromatic N) is 1. The Morgan fingerprint density at radius 2 is 1.82 bits per heavy atom. The van der Waals surface area contributed by atoms with Gasteiger partial charge in [-0.25, -0.2) is 5.06 Å². The summed E-state index contributed by atoms with van der Waals surface area (Å²) in [6, 6.07) is 5.31. The van der Waals surface area contributed by atoms with E-state index in [4.69, 9.17) is 19.9 Å². The van der Waals surface area contributed by atoms with E-state index in [1.807, 2.05) is 18.2 Å². The van der Waals surface area contributed by atoms with Crippen LogP contribution in [0, 0.1) is 17.3 Å². The maximum atomic E-state index is 12.2. The quantitative estimate of drug-likeness (QED) is 0.218. The van der Waals surface area contributed by atoms with Gasteiger partial charge in [-0.1, -0.05) is 40.7 Å². The second-order valence-electron chi connectivity index (χ2n) is 9.99. The summed E-state index contributed by atoms with van der Waals surface area (Å²) in [4.78, 5) is 12.2. The molecule has 0 aliphatic rings. The van der Waals surface area contributed by atoms with Crippen LogP contribution in [0.2, 0.25) is 0 Å². The van der Waals surface area contributed by atoms with Gasteiger partial charge in [0.25, 0.3) is 5.91 Å². The summed E-state index contributed by atoms with van der Waals surface area (Å²) in [6.45, 7) is 10.3. The highest BCUT2D eigenvalue weighted by atomic mass is 16.5. The van der Waals surface area contributed by atoms with Gasteiger partial charge < -0.3 is 25.1 Å². The van der Waals surface area contributed by atoms with Crippen LogP contribution in [-0.2, 0) is 16.0 Å². The van der Waals surface area contributed by atoms with Crippen LogP contribution in [0.5, 0.6) is 11.5 Å². The zero-order valence-electron chi connectivity index (χ0n) is 21.3. The number of rotatable bonds is 14. The fraction of sp³-hybridized carbons (Fsp3) is 0.720. The van der Waals surface area contributed by atoms with Crippen molar-refractivity contribution in [3.05, 3.63) is 23.8 Å². The lowest BCUT2D eigenvalue weighted by molar-refractivity contribution is -0.180. The van der Waals surface area contributed by atoms with Crippen molar-refractivity contribution in [3.63, 3.8) is 0 Å². The van der Waals surface area contributed by atoms with E-state index in [0.29, 0.717) is 42.1 Å². The van der Waals surface area contributed by atoms with Gasteiger partial charge in [-0.15, -0.1) is 0 Å². The SMILES string of the molecule is COCCCOc1cc(CC(CC(N)C(O)CN(O)C(=O)C(C)(C)C)C(C)C)ccc1OC. The largest absolute Gasteiger partial charge is 0.493 e. The molecule has 0 aromatic heterocycles. The third kappa shape index (κ3) is 9.88. The molecule has 4 N–H and O–H groups in total. The lowest BCUT2D eigenvalue weighted by Gasteiger charge is -2.30. The van der Waals surface area contributed by atoms with Crippen molar-refractivity contribution in [2.75, 3.05) is 34.0 Å². The zero-order chi connectivity index (χ0) is 25.2. The van der Waals surface area contributed by atoms with Gasteiger partial charge in [0.1, 0.15) is 0 Å². The number of hydrogen-bond donors (Lipinski definition) is 3. The molecule has 0 aliphatic carbocycles. The molecule has 1 rings (SSSR count). The Kier molecular flexibility index (Phi) is 12.1. The number of ether oxygens (including phenoxy) is 3. The van der Waals surface area contributed by atoms with Gasteiger partial charge in [-0.2, -0.15) is 0 Å². The van der Waals surface area contributed by atoms with Gasteiger partial charge in [0, 0.05) is 31.6 Å². The number of hydrogen-bond acceptors (Lipinski definition) is 7. The molecule has 0 saturated heterocycles. The average molecular weight is 469 g/mol. The number of benzene rings is 1. The molecule has 3 atom stereocenters. The van der Waals surface area contributed by atoms with Crippen LogP contribution in [-0.4, -0.2) is 67.4 Å². The fourth-order valence-corrected chi connectivity index (χ4v) is 3.53. The number of carbonyl (C=O) groups excluding carboxylic acids is 1. The van der Waals surface area contributed by atoms with Crippen LogP contribution in [0.1, 0.15) is 53.0 Å². The molecule has 0 heterocycles. The van der Waals surface area contributed by atoms with Crippen molar-refractivity contribution in [3.8, 4) is 11.5 Å². The number of amides is 1. The zero-order valence-corrected chi connectivity index (χ0v) is 21.3. The van der Waals surface area contributed by atoms with Crippen molar-refractivity contribution >= 4 is 5.91 Å². The molecule has 3 unspecified atom stereocenters. The Bertz CT molecular complexity index is 719. The van der Waals surface area contributed by atoms with Gasteiger partial charge >= 0.3 is 0 Å². The average Bonchev–Trinajstić information content (AvgIpc) is 2.74. The monoisotopic (exact) mass is 468 g/mol. The minimum atomic E-state index is -1.03. The maximum absolute atomic E-state index is 12.2. The first-order valence-corrected chi connectivity index (χ1v) is 11.6. The molecule has 0 radical (unpaired) electrons.